The smallest absolute Gasteiger partial charge is 0.264 e. The number of ether oxygens (including phenoxy) is 1. The Kier molecular flexibility index (Phi) is 10.7. The van der Waals surface area contributed by atoms with Gasteiger partial charge in [-0.15, -0.1) is 11.8 Å². The molecule has 11 heteroatoms. The third-order valence-corrected chi connectivity index (χ3v) is 8.78. The van der Waals surface area contributed by atoms with Crippen molar-refractivity contribution >= 4 is 50.9 Å². The van der Waals surface area contributed by atoms with Crippen LogP contribution < -0.4 is 14.4 Å². The maximum absolute atomic E-state index is 13.9. The zero-order chi connectivity index (χ0) is 28.6. The van der Waals surface area contributed by atoms with E-state index in [2.05, 4.69) is 5.32 Å². The van der Waals surface area contributed by atoms with Crippen molar-refractivity contribution in [2.45, 2.75) is 36.2 Å². The van der Waals surface area contributed by atoms with Gasteiger partial charge >= 0.3 is 0 Å². The molecule has 0 heterocycles. The summed E-state index contributed by atoms with van der Waals surface area (Å²) in [6.45, 7) is 3.44. The summed E-state index contributed by atoms with van der Waals surface area (Å²) in [4.78, 5) is 28.7. The first-order valence-electron chi connectivity index (χ1n) is 12.3. The number of halogens is 1. The highest BCUT2D eigenvalue weighted by molar-refractivity contribution is 7.98. The van der Waals surface area contributed by atoms with Crippen molar-refractivity contribution in [3.63, 3.8) is 0 Å². The first kappa shape index (κ1) is 30.3. The molecule has 3 aromatic carbocycles. The number of likely N-dealkylation sites (N-methyl/N-ethyl adjacent to an activating group) is 1. The quantitative estimate of drug-likeness (QED) is 0.304. The predicted molar refractivity (Wildman–Crippen MR) is 156 cm³/mol. The topological polar surface area (TPSA) is 96.0 Å². The maximum atomic E-state index is 13.9. The Labute approximate surface area is 239 Å². The summed E-state index contributed by atoms with van der Waals surface area (Å²) in [6, 6.07) is 19.0. The zero-order valence-electron chi connectivity index (χ0n) is 22.3. The zero-order valence-corrected chi connectivity index (χ0v) is 24.6. The molecule has 208 valence electrons. The normalized spacial score (nSPS) is 11.9. The van der Waals surface area contributed by atoms with E-state index in [4.69, 9.17) is 16.3 Å². The van der Waals surface area contributed by atoms with Gasteiger partial charge in [-0.2, -0.15) is 0 Å². The summed E-state index contributed by atoms with van der Waals surface area (Å²) in [5.74, 6) is -0.358. The van der Waals surface area contributed by atoms with Crippen molar-refractivity contribution in [1.29, 1.82) is 0 Å². The number of hydrogen-bond acceptors (Lipinski definition) is 6. The number of nitrogens with zero attached hydrogens (tertiary/aromatic N) is 2. The number of carbonyl (C=O) groups excluding carboxylic acids is 2. The van der Waals surface area contributed by atoms with Crippen molar-refractivity contribution in [3.05, 3.63) is 83.4 Å². The first-order chi connectivity index (χ1) is 18.6. The molecular weight excluding hydrogens is 558 g/mol. The number of rotatable bonds is 12. The predicted octanol–water partition coefficient (Wildman–Crippen LogP) is 4.82. The van der Waals surface area contributed by atoms with Crippen LogP contribution in [0.25, 0.3) is 0 Å². The molecule has 0 unspecified atom stereocenters. The van der Waals surface area contributed by atoms with E-state index in [9.17, 15) is 18.0 Å². The summed E-state index contributed by atoms with van der Waals surface area (Å²) in [6.07, 6.45) is 1.90. The monoisotopic (exact) mass is 589 g/mol. The number of amides is 2. The average molecular weight is 590 g/mol. The summed E-state index contributed by atoms with van der Waals surface area (Å²) in [5.41, 5.74) is 0.991. The van der Waals surface area contributed by atoms with Gasteiger partial charge in [0, 0.05) is 23.5 Å². The minimum Gasteiger partial charge on any atom is -0.494 e. The molecule has 0 spiro atoms. The van der Waals surface area contributed by atoms with E-state index in [0.717, 1.165) is 9.20 Å². The molecule has 3 rings (SSSR count). The van der Waals surface area contributed by atoms with Crippen molar-refractivity contribution < 1.29 is 22.7 Å². The van der Waals surface area contributed by atoms with Crippen molar-refractivity contribution in [2.24, 2.45) is 0 Å². The van der Waals surface area contributed by atoms with Crippen molar-refractivity contribution in [2.75, 3.05) is 30.8 Å². The fourth-order valence-electron chi connectivity index (χ4n) is 3.90. The van der Waals surface area contributed by atoms with E-state index in [-0.39, 0.29) is 23.0 Å². The Hall–Kier alpha value is -3.21. The van der Waals surface area contributed by atoms with Gasteiger partial charge in [-0.3, -0.25) is 13.9 Å². The van der Waals surface area contributed by atoms with Gasteiger partial charge in [-0.1, -0.05) is 23.7 Å². The summed E-state index contributed by atoms with van der Waals surface area (Å²) < 4.78 is 34.3. The highest BCUT2D eigenvalue weighted by Gasteiger charge is 2.32. The molecule has 0 bridgehead atoms. The van der Waals surface area contributed by atoms with Gasteiger partial charge in [0.05, 0.1) is 17.2 Å². The standard InChI is InChI=1S/C28H32ClN3O5S2/c1-5-37-24-11-9-23(10-12-24)32(39(35,36)26-15-13-25(38-4)14-16-26)19-27(33)31(20(2)28(34)30-3)18-21-7-6-8-22(29)17-21/h6-17,20H,5,18-19H2,1-4H3,(H,30,34)/t20-/m1/s1. The molecule has 39 heavy (non-hydrogen) atoms. The van der Waals surface area contributed by atoms with Crippen molar-refractivity contribution in [1.82, 2.24) is 10.2 Å². The van der Waals surface area contributed by atoms with E-state index in [1.54, 1.807) is 67.6 Å². The number of anilines is 1. The molecule has 3 aromatic rings. The van der Waals surface area contributed by atoms with Crippen molar-refractivity contribution in [3.8, 4) is 5.75 Å². The molecule has 2 amide bonds. The van der Waals surface area contributed by atoms with Gasteiger partial charge < -0.3 is 15.0 Å². The molecule has 0 radical (unpaired) electrons. The SMILES string of the molecule is CCOc1ccc(N(CC(=O)N(Cc2cccc(Cl)c2)[C@H](C)C(=O)NC)S(=O)(=O)c2ccc(SC)cc2)cc1. The maximum Gasteiger partial charge on any atom is 0.264 e. The lowest BCUT2D eigenvalue weighted by molar-refractivity contribution is -0.139. The summed E-state index contributed by atoms with van der Waals surface area (Å²) in [5, 5.41) is 3.05. The third-order valence-electron chi connectivity index (χ3n) is 6.02. The molecule has 0 aliphatic rings. The average Bonchev–Trinajstić information content (AvgIpc) is 2.94. The molecule has 0 saturated heterocycles. The largest absolute Gasteiger partial charge is 0.494 e. The molecule has 1 N–H and O–H groups in total. The van der Waals surface area contributed by atoms with E-state index in [1.807, 2.05) is 13.2 Å². The summed E-state index contributed by atoms with van der Waals surface area (Å²) in [7, 11) is -2.67. The second kappa shape index (κ2) is 13.7. The van der Waals surface area contributed by atoms with Gasteiger partial charge in [0.2, 0.25) is 11.8 Å². The lowest BCUT2D eigenvalue weighted by Crippen LogP contribution is -2.50. The number of carbonyl (C=O) groups is 2. The fraction of sp³-hybridized carbons (Fsp3) is 0.286. The van der Waals surface area contributed by atoms with Gasteiger partial charge in [-0.25, -0.2) is 8.42 Å². The Bertz CT molecular complexity index is 1380. The van der Waals surface area contributed by atoms with Crippen LogP contribution in [0.4, 0.5) is 5.69 Å². The van der Waals surface area contributed by atoms with E-state index in [0.29, 0.717) is 22.9 Å². The summed E-state index contributed by atoms with van der Waals surface area (Å²) >= 11 is 7.64. The minimum absolute atomic E-state index is 0.0442. The highest BCUT2D eigenvalue weighted by Crippen LogP contribution is 2.28. The van der Waals surface area contributed by atoms with E-state index in [1.165, 1.54) is 35.8 Å². The molecule has 0 saturated carbocycles. The second-order valence-corrected chi connectivity index (χ2v) is 11.7. The van der Waals surface area contributed by atoms with Crippen LogP contribution in [-0.2, 0) is 26.2 Å². The molecular formula is C28H32ClN3O5S2. The minimum atomic E-state index is -4.15. The van der Waals surface area contributed by atoms with Crippen LogP contribution in [0, 0.1) is 0 Å². The number of benzene rings is 3. The lowest BCUT2D eigenvalue weighted by Gasteiger charge is -2.31. The lowest BCUT2D eigenvalue weighted by atomic mass is 10.1. The Balaban J connectivity index is 2.03. The Morgan fingerprint density at radius 1 is 1.05 bits per heavy atom. The van der Waals surface area contributed by atoms with Crippen LogP contribution in [0.1, 0.15) is 19.4 Å². The van der Waals surface area contributed by atoms with Gasteiger partial charge in [0.15, 0.2) is 0 Å². The van der Waals surface area contributed by atoms with Gasteiger partial charge in [0.25, 0.3) is 10.0 Å². The molecule has 1 atom stereocenters. The third kappa shape index (κ3) is 7.68. The van der Waals surface area contributed by atoms with Gasteiger partial charge in [-0.05, 0) is 86.3 Å². The number of thioether (sulfide) groups is 1. The number of nitrogens with one attached hydrogen (secondary N) is 1. The van der Waals surface area contributed by atoms with Crippen LogP contribution >= 0.6 is 23.4 Å². The van der Waals surface area contributed by atoms with Crippen LogP contribution in [-0.4, -0.2) is 57.6 Å². The van der Waals surface area contributed by atoms with Crippen LogP contribution in [0.3, 0.4) is 0 Å². The van der Waals surface area contributed by atoms with Crippen LogP contribution in [0.15, 0.2) is 82.6 Å². The molecule has 0 aromatic heterocycles. The fourth-order valence-corrected chi connectivity index (χ4v) is 5.94. The Morgan fingerprint density at radius 3 is 2.28 bits per heavy atom. The van der Waals surface area contributed by atoms with E-state index >= 15 is 0 Å². The first-order valence-corrected chi connectivity index (χ1v) is 15.3. The van der Waals surface area contributed by atoms with Crippen LogP contribution in [0.5, 0.6) is 5.75 Å². The van der Waals surface area contributed by atoms with E-state index < -0.39 is 28.5 Å². The molecule has 8 nitrogen and oxygen atoms in total. The van der Waals surface area contributed by atoms with Gasteiger partial charge in [0.1, 0.15) is 18.3 Å². The molecule has 0 aliphatic heterocycles. The second-order valence-electron chi connectivity index (χ2n) is 8.56. The molecule has 0 fully saturated rings. The van der Waals surface area contributed by atoms with Crippen LogP contribution in [0.2, 0.25) is 5.02 Å². The Morgan fingerprint density at radius 2 is 1.72 bits per heavy atom. The number of hydrogen-bond donors (Lipinski definition) is 1. The highest BCUT2D eigenvalue weighted by atomic mass is 35.5. The number of sulfonamides is 1. The molecule has 0 aliphatic carbocycles.